The van der Waals surface area contributed by atoms with E-state index in [4.69, 9.17) is 0 Å². The molecule has 4 nitrogen and oxygen atoms in total. The maximum atomic E-state index is 10.9. The van der Waals surface area contributed by atoms with Crippen molar-refractivity contribution < 1.29 is 8.42 Å². The van der Waals surface area contributed by atoms with Crippen LogP contribution in [0.25, 0.3) is 0 Å². The van der Waals surface area contributed by atoms with E-state index in [1.54, 1.807) is 12.4 Å². The Morgan fingerprint density at radius 3 is 2.86 bits per heavy atom. The van der Waals surface area contributed by atoms with Crippen LogP contribution < -0.4 is 5.32 Å². The van der Waals surface area contributed by atoms with E-state index in [9.17, 15) is 8.42 Å². The van der Waals surface area contributed by atoms with Crippen LogP contribution in [0.1, 0.15) is 5.56 Å². The highest BCUT2D eigenvalue weighted by atomic mass is 32.2. The number of rotatable bonds is 3. The summed E-state index contributed by atoms with van der Waals surface area (Å²) in [6.07, 6.45) is 3.50. The van der Waals surface area contributed by atoms with Crippen molar-refractivity contribution in [1.29, 1.82) is 0 Å². The van der Waals surface area contributed by atoms with E-state index in [2.05, 4.69) is 10.3 Å². The molecule has 0 bridgehead atoms. The Labute approximate surface area is 83.3 Å². The minimum atomic E-state index is -2.71. The minimum absolute atomic E-state index is 0.125. The molecule has 1 aromatic rings. The summed E-state index contributed by atoms with van der Waals surface area (Å²) in [4.78, 5) is 3.98. The van der Waals surface area contributed by atoms with Crippen LogP contribution >= 0.6 is 0 Å². The van der Waals surface area contributed by atoms with E-state index in [-0.39, 0.29) is 17.5 Å². The number of hydrogen-bond acceptors (Lipinski definition) is 4. The average molecular weight is 212 g/mol. The molecule has 0 amide bonds. The number of aromatic nitrogens is 1. The van der Waals surface area contributed by atoms with Crippen molar-refractivity contribution in [2.75, 3.05) is 11.5 Å². The molecule has 1 aliphatic rings. The molecule has 0 unspecified atom stereocenters. The Morgan fingerprint density at radius 1 is 1.50 bits per heavy atom. The third-order valence-corrected chi connectivity index (χ3v) is 4.05. The van der Waals surface area contributed by atoms with E-state index >= 15 is 0 Å². The van der Waals surface area contributed by atoms with E-state index in [0.717, 1.165) is 5.56 Å². The quantitative estimate of drug-likeness (QED) is 0.764. The van der Waals surface area contributed by atoms with Crippen LogP contribution in [0.3, 0.4) is 0 Å². The lowest BCUT2D eigenvalue weighted by molar-refractivity contribution is 0.511. The molecule has 2 rings (SSSR count). The van der Waals surface area contributed by atoms with Gasteiger partial charge in [0.2, 0.25) is 0 Å². The monoisotopic (exact) mass is 212 g/mol. The molecule has 1 aromatic heterocycles. The molecule has 0 aromatic carbocycles. The lowest BCUT2D eigenvalue weighted by Gasteiger charge is -2.26. The topological polar surface area (TPSA) is 59.1 Å². The molecule has 2 heterocycles. The summed E-state index contributed by atoms with van der Waals surface area (Å²) in [6, 6.07) is 3.96. The Kier molecular flexibility index (Phi) is 2.52. The lowest BCUT2D eigenvalue weighted by Crippen LogP contribution is -2.50. The minimum Gasteiger partial charge on any atom is -0.308 e. The first-order chi connectivity index (χ1) is 6.66. The normalized spacial score (nSPS) is 20.3. The highest BCUT2D eigenvalue weighted by molar-refractivity contribution is 7.92. The van der Waals surface area contributed by atoms with Crippen LogP contribution in [-0.4, -0.2) is 30.9 Å². The number of nitrogens with one attached hydrogen (secondary N) is 1. The molecule has 1 saturated heterocycles. The van der Waals surface area contributed by atoms with Crippen molar-refractivity contribution in [2.45, 2.75) is 12.6 Å². The number of sulfone groups is 1. The maximum absolute atomic E-state index is 10.9. The first-order valence-electron chi connectivity index (χ1n) is 4.48. The van der Waals surface area contributed by atoms with Crippen molar-refractivity contribution in [3.63, 3.8) is 0 Å². The predicted octanol–water partition coefficient (Wildman–Crippen LogP) is -0.0318. The van der Waals surface area contributed by atoms with Crippen molar-refractivity contribution in [3.8, 4) is 0 Å². The summed E-state index contributed by atoms with van der Waals surface area (Å²) in [5.41, 5.74) is 1.08. The van der Waals surface area contributed by atoms with E-state index < -0.39 is 9.84 Å². The number of pyridine rings is 1. The molecule has 1 fully saturated rings. The predicted molar refractivity (Wildman–Crippen MR) is 53.5 cm³/mol. The smallest absolute Gasteiger partial charge is 0.153 e. The standard InChI is InChI=1S/C9H12N2O2S/c12-14(13)6-9(7-14)11-5-8-2-1-3-10-4-8/h1-4,9,11H,5-7H2. The Bertz CT molecular complexity index is 390. The SMILES string of the molecule is O=S1(=O)CC(NCc2cccnc2)C1. The maximum Gasteiger partial charge on any atom is 0.153 e. The zero-order valence-electron chi connectivity index (χ0n) is 7.68. The van der Waals surface area contributed by atoms with Gasteiger partial charge in [-0.3, -0.25) is 4.98 Å². The van der Waals surface area contributed by atoms with Gasteiger partial charge >= 0.3 is 0 Å². The van der Waals surface area contributed by atoms with Gasteiger partial charge < -0.3 is 5.32 Å². The highest BCUT2D eigenvalue weighted by Gasteiger charge is 2.32. The zero-order valence-corrected chi connectivity index (χ0v) is 8.50. The van der Waals surface area contributed by atoms with Crippen LogP contribution in [-0.2, 0) is 16.4 Å². The molecule has 0 atom stereocenters. The molecule has 0 aliphatic carbocycles. The van der Waals surface area contributed by atoms with Gasteiger partial charge in [0.25, 0.3) is 0 Å². The third-order valence-electron chi connectivity index (χ3n) is 2.23. The summed E-state index contributed by atoms with van der Waals surface area (Å²) < 4.78 is 21.7. The van der Waals surface area contributed by atoms with Gasteiger partial charge in [0.05, 0.1) is 11.5 Å². The largest absolute Gasteiger partial charge is 0.308 e. The fourth-order valence-electron chi connectivity index (χ4n) is 1.45. The molecule has 14 heavy (non-hydrogen) atoms. The zero-order chi connectivity index (χ0) is 10.0. The molecule has 1 N–H and O–H groups in total. The van der Waals surface area contributed by atoms with Crippen molar-refractivity contribution >= 4 is 9.84 Å². The lowest BCUT2D eigenvalue weighted by atomic mass is 10.2. The molecule has 0 saturated carbocycles. The van der Waals surface area contributed by atoms with Crippen LogP contribution in [0.2, 0.25) is 0 Å². The second kappa shape index (κ2) is 3.67. The third kappa shape index (κ3) is 2.30. The van der Waals surface area contributed by atoms with Gasteiger partial charge in [0.1, 0.15) is 0 Å². The van der Waals surface area contributed by atoms with Gasteiger partial charge in [-0.1, -0.05) is 6.07 Å². The van der Waals surface area contributed by atoms with Crippen LogP contribution in [0.5, 0.6) is 0 Å². The first-order valence-corrected chi connectivity index (χ1v) is 6.30. The molecule has 0 spiro atoms. The summed E-state index contributed by atoms with van der Waals surface area (Å²) in [6.45, 7) is 0.689. The van der Waals surface area contributed by atoms with Gasteiger partial charge in [0, 0.05) is 25.0 Å². The molecule has 0 radical (unpaired) electrons. The molecule has 1 aliphatic heterocycles. The van der Waals surface area contributed by atoms with Crippen LogP contribution in [0, 0.1) is 0 Å². The molecule has 76 valence electrons. The van der Waals surface area contributed by atoms with E-state index in [1.807, 2.05) is 12.1 Å². The van der Waals surface area contributed by atoms with Gasteiger partial charge in [0.15, 0.2) is 9.84 Å². The molecular formula is C9H12N2O2S. The molecule has 5 heteroatoms. The highest BCUT2D eigenvalue weighted by Crippen LogP contribution is 2.10. The second-order valence-corrected chi connectivity index (χ2v) is 5.67. The summed E-state index contributed by atoms with van der Waals surface area (Å²) in [5.74, 6) is 0.542. The van der Waals surface area contributed by atoms with Gasteiger partial charge in [-0.2, -0.15) is 0 Å². The fraction of sp³-hybridized carbons (Fsp3) is 0.444. The fourth-order valence-corrected chi connectivity index (χ4v) is 2.81. The Morgan fingerprint density at radius 2 is 2.29 bits per heavy atom. The number of nitrogens with zero attached hydrogens (tertiary/aromatic N) is 1. The summed E-state index contributed by atoms with van der Waals surface area (Å²) in [5, 5.41) is 3.17. The van der Waals surface area contributed by atoms with Crippen LogP contribution in [0.4, 0.5) is 0 Å². The van der Waals surface area contributed by atoms with Crippen molar-refractivity contribution in [2.24, 2.45) is 0 Å². The molecular weight excluding hydrogens is 200 g/mol. The van der Waals surface area contributed by atoms with E-state index in [0.29, 0.717) is 6.54 Å². The summed E-state index contributed by atoms with van der Waals surface area (Å²) >= 11 is 0. The Hall–Kier alpha value is -0.940. The van der Waals surface area contributed by atoms with Crippen LogP contribution in [0.15, 0.2) is 24.5 Å². The van der Waals surface area contributed by atoms with Crippen molar-refractivity contribution in [3.05, 3.63) is 30.1 Å². The average Bonchev–Trinajstić information content (AvgIpc) is 2.13. The summed E-state index contributed by atoms with van der Waals surface area (Å²) in [7, 11) is -2.71. The second-order valence-electron chi connectivity index (χ2n) is 3.52. The van der Waals surface area contributed by atoms with Gasteiger partial charge in [-0.05, 0) is 11.6 Å². The van der Waals surface area contributed by atoms with Gasteiger partial charge in [-0.15, -0.1) is 0 Å². The van der Waals surface area contributed by atoms with Gasteiger partial charge in [-0.25, -0.2) is 8.42 Å². The first kappa shape index (κ1) is 9.61. The number of hydrogen-bond donors (Lipinski definition) is 1. The van der Waals surface area contributed by atoms with E-state index in [1.165, 1.54) is 0 Å². The van der Waals surface area contributed by atoms with Crippen molar-refractivity contribution in [1.82, 2.24) is 10.3 Å². The Balaban J connectivity index is 1.80.